The van der Waals surface area contributed by atoms with Crippen molar-refractivity contribution in [2.45, 2.75) is 57.8 Å². The molecule has 2 heterocycles. The molecule has 0 bridgehead atoms. The monoisotopic (exact) mass is 428 g/mol. The van der Waals surface area contributed by atoms with Crippen LogP contribution in [0.5, 0.6) is 0 Å². The Hall–Kier alpha value is -0.900. The van der Waals surface area contributed by atoms with Gasteiger partial charge in [-0.3, -0.25) is 4.99 Å². The first-order valence-corrected chi connectivity index (χ1v) is 12.7. The van der Waals surface area contributed by atoms with Crippen molar-refractivity contribution in [2.75, 3.05) is 52.2 Å². The number of rotatable bonds is 6. The summed E-state index contributed by atoms with van der Waals surface area (Å²) in [5.41, 5.74) is 0.304. The van der Waals surface area contributed by atoms with Crippen LogP contribution in [0, 0.1) is 11.3 Å². The van der Waals surface area contributed by atoms with Gasteiger partial charge in [-0.25, -0.2) is 8.42 Å². The quantitative estimate of drug-likeness (QED) is 0.500. The fourth-order valence-electron chi connectivity index (χ4n) is 5.59. The van der Waals surface area contributed by atoms with E-state index in [4.69, 9.17) is 9.47 Å². The predicted molar refractivity (Wildman–Crippen MR) is 112 cm³/mol. The molecule has 0 aromatic carbocycles. The lowest BCUT2D eigenvalue weighted by atomic mass is 9.46. The summed E-state index contributed by atoms with van der Waals surface area (Å²) in [6.45, 7) is 7.27. The molecule has 4 fully saturated rings. The second-order valence-corrected chi connectivity index (χ2v) is 11.2. The maximum atomic E-state index is 12.6. The third kappa shape index (κ3) is 3.91. The van der Waals surface area contributed by atoms with E-state index in [2.05, 4.69) is 15.2 Å². The standard InChI is InChI=1S/C20H36N4O4S/c1-15(2)27-13-14-29(25,26)24-10-8-23(9-11-24)19(21-3)22-17-16-5-12-28-18(16)20(17)6-4-7-20/h15-18H,4-14H2,1-3H3,(H,21,22). The van der Waals surface area contributed by atoms with E-state index in [0.29, 0.717) is 49.7 Å². The highest BCUT2D eigenvalue weighted by Gasteiger charge is 2.66. The lowest BCUT2D eigenvalue weighted by molar-refractivity contribution is -0.171. The first-order valence-electron chi connectivity index (χ1n) is 11.1. The molecule has 4 rings (SSSR count). The van der Waals surface area contributed by atoms with Crippen molar-refractivity contribution < 1.29 is 17.9 Å². The number of nitrogens with one attached hydrogen (secondary N) is 1. The van der Waals surface area contributed by atoms with Crippen molar-refractivity contribution >= 4 is 16.0 Å². The summed E-state index contributed by atoms with van der Waals surface area (Å²) in [7, 11) is -1.45. The van der Waals surface area contributed by atoms with E-state index in [0.717, 1.165) is 19.0 Å². The van der Waals surface area contributed by atoms with Gasteiger partial charge in [0.1, 0.15) is 0 Å². The van der Waals surface area contributed by atoms with Crippen molar-refractivity contribution in [3.05, 3.63) is 0 Å². The largest absolute Gasteiger partial charge is 0.378 e. The number of sulfonamides is 1. The SMILES string of the molecule is CN=C(NC1C2CCOC2C12CCC2)N1CCN(S(=O)(=O)CCOC(C)C)CC1. The highest BCUT2D eigenvalue weighted by Crippen LogP contribution is 2.62. The van der Waals surface area contributed by atoms with Crippen LogP contribution >= 0.6 is 0 Å². The smallest absolute Gasteiger partial charge is 0.216 e. The Morgan fingerprint density at radius 2 is 2.00 bits per heavy atom. The average molecular weight is 429 g/mol. The minimum Gasteiger partial charge on any atom is -0.378 e. The van der Waals surface area contributed by atoms with E-state index in [9.17, 15) is 8.42 Å². The zero-order valence-electron chi connectivity index (χ0n) is 18.0. The van der Waals surface area contributed by atoms with Gasteiger partial charge in [-0.15, -0.1) is 0 Å². The van der Waals surface area contributed by atoms with Crippen LogP contribution in [0.2, 0.25) is 0 Å². The second kappa shape index (κ2) is 8.32. The summed E-state index contributed by atoms with van der Waals surface area (Å²) < 4.78 is 38.2. The van der Waals surface area contributed by atoms with Crippen molar-refractivity contribution in [3.8, 4) is 0 Å². The molecular weight excluding hydrogens is 392 g/mol. The average Bonchev–Trinajstić information content (AvgIpc) is 3.06. The van der Waals surface area contributed by atoms with Crippen LogP contribution in [0.3, 0.4) is 0 Å². The maximum Gasteiger partial charge on any atom is 0.216 e. The Bertz CT molecular complexity index is 714. The van der Waals surface area contributed by atoms with Crippen LogP contribution in [0.25, 0.3) is 0 Å². The summed E-state index contributed by atoms with van der Waals surface area (Å²) in [4.78, 5) is 6.73. The summed E-state index contributed by atoms with van der Waals surface area (Å²) in [6.07, 6.45) is 5.39. The molecule has 0 radical (unpaired) electrons. The van der Waals surface area contributed by atoms with Gasteiger partial charge in [-0.1, -0.05) is 6.42 Å². The zero-order valence-corrected chi connectivity index (χ0v) is 18.8. The molecule has 2 saturated carbocycles. The van der Waals surface area contributed by atoms with E-state index in [1.54, 1.807) is 4.31 Å². The third-order valence-electron chi connectivity index (χ3n) is 7.26. The van der Waals surface area contributed by atoms with Gasteiger partial charge in [0.25, 0.3) is 0 Å². The molecule has 2 saturated heterocycles. The molecule has 0 aromatic rings. The Labute approximate surface area is 175 Å². The Kier molecular flexibility index (Phi) is 6.12. The second-order valence-electron chi connectivity index (χ2n) is 9.12. The van der Waals surface area contributed by atoms with Crippen molar-refractivity contribution in [2.24, 2.45) is 16.3 Å². The normalized spacial score (nSPS) is 32.2. The molecule has 1 N–H and O–H groups in total. The fraction of sp³-hybridized carbons (Fsp3) is 0.950. The number of aliphatic imine (C=N–C) groups is 1. The number of hydrogen-bond donors (Lipinski definition) is 1. The molecule has 3 unspecified atom stereocenters. The van der Waals surface area contributed by atoms with Crippen LogP contribution in [0.4, 0.5) is 0 Å². The zero-order chi connectivity index (χ0) is 20.6. The van der Waals surface area contributed by atoms with Crippen molar-refractivity contribution in [1.29, 1.82) is 0 Å². The molecule has 3 atom stereocenters. The van der Waals surface area contributed by atoms with Crippen LogP contribution in [-0.2, 0) is 19.5 Å². The molecule has 2 aliphatic carbocycles. The van der Waals surface area contributed by atoms with E-state index in [-0.39, 0.29) is 18.5 Å². The molecule has 29 heavy (non-hydrogen) atoms. The number of fused-ring (bicyclic) bond motifs is 2. The Balaban J connectivity index is 1.31. The summed E-state index contributed by atoms with van der Waals surface area (Å²) in [6, 6.07) is 0.442. The van der Waals surface area contributed by atoms with Crippen molar-refractivity contribution in [3.63, 3.8) is 0 Å². The van der Waals surface area contributed by atoms with Crippen molar-refractivity contribution in [1.82, 2.24) is 14.5 Å². The molecule has 0 aromatic heterocycles. The Morgan fingerprint density at radius 1 is 1.28 bits per heavy atom. The van der Waals surface area contributed by atoms with Gasteiger partial charge < -0.3 is 19.7 Å². The van der Waals surface area contributed by atoms with Gasteiger partial charge in [0.2, 0.25) is 10.0 Å². The van der Waals surface area contributed by atoms with Gasteiger partial charge >= 0.3 is 0 Å². The number of ether oxygens (including phenoxy) is 2. The topological polar surface area (TPSA) is 83.5 Å². The minimum atomic E-state index is -3.27. The van der Waals surface area contributed by atoms with E-state index < -0.39 is 10.0 Å². The van der Waals surface area contributed by atoms with Crippen LogP contribution < -0.4 is 5.32 Å². The summed E-state index contributed by atoms with van der Waals surface area (Å²) in [5.74, 6) is 1.55. The summed E-state index contributed by atoms with van der Waals surface area (Å²) in [5, 5.41) is 3.75. The molecule has 9 heteroatoms. The first kappa shape index (κ1) is 21.3. The van der Waals surface area contributed by atoms with Gasteiger partial charge in [0.05, 0.1) is 24.6 Å². The van der Waals surface area contributed by atoms with Crippen LogP contribution in [-0.4, -0.2) is 94.0 Å². The predicted octanol–water partition coefficient (Wildman–Crippen LogP) is 0.892. The Morgan fingerprint density at radius 3 is 2.59 bits per heavy atom. The van der Waals surface area contributed by atoms with Gasteiger partial charge in [-0.05, 0) is 33.1 Å². The lowest BCUT2D eigenvalue weighted by Gasteiger charge is -2.63. The minimum absolute atomic E-state index is 0.0474. The number of piperazine rings is 1. The van der Waals surface area contributed by atoms with Crippen LogP contribution in [0.15, 0.2) is 4.99 Å². The molecule has 8 nitrogen and oxygen atoms in total. The highest BCUT2D eigenvalue weighted by atomic mass is 32.2. The summed E-state index contributed by atoms with van der Waals surface area (Å²) >= 11 is 0. The lowest BCUT2D eigenvalue weighted by Crippen LogP contribution is -2.73. The van der Waals surface area contributed by atoms with Gasteiger partial charge in [0, 0.05) is 57.2 Å². The molecular formula is C20H36N4O4S. The maximum absolute atomic E-state index is 12.6. The van der Waals surface area contributed by atoms with E-state index in [1.807, 2.05) is 20.9 Å². The molecule has 4 aliphatic rings. The molecule has 1 spiro atoms. The third-order valence-corrected chi connectivity index (χ3v) is 9.09. The highest BCUT2D eigenvalue weighted by molar-refractivity contribution is 7.89. The molecule has 166 valence electrons. The number of hydrogen-bond acceptors (Lipinski definition) is 5. The molecule has 0 amide bonds. The van der Waals surface area contributed by atoms with E-state index in [1.165, 1.54) is 19.3 Å². The van der Waals surface area contributed by atoms with Crippen LogP contribution in [0.1, 0.15) is 39.5 Å². The van der Waals surface area contributed by atoms with Gasteiger partial charge in [-0.2, -0.15) is 4.31 Å². The fourth-order valence-corrected chi connectivity index (χ4v) is 6.87. The van der Waals surface area contributed by atoms with E-state index >= 15 is 0 Å². The molecule has 2 aliphatic heterocycles. The first-order chi connectivity index (χ1) is 13.9. The number of guanidine groups is 1. The van der Waals surface area contributed by atoms with Gasteiger partial charge in [0.15, 0.2) is 5.96 Å². The number of nitrogens with zero attached hydrogens (tertiary/aromatic N) is 3.